The molecule has 1 atom stereocenters. The topological polar surface area (TPSA) is 29.5 Å². The number of rotatable bonds is 4. The molecule has 1 aromatic carbocycles. The number of ether oxygens (including phenoxy) is 1. The number of aliphatic hydroxyl groups excluding tert-OH is 1. The molecule has 1 N–H and O–H groups in total. The van der Waals surface area contributed by atoms with Gasteiger partial charge in [0, 0.05) is 21.3 Å². The predicted octanol–water partition coefficient (Wildman–Crippen LogP) is 4.56. The van der Waals surface area contributed by atoms with E-state index < -0.39 is 6.10 Å². The number of aliphatic hydroxyl groups is 1. The van der Waals surface area contributed by atoms with Gasteiger partial charge in [-0.2, -0.15) is 0 Å². The van der Waals surface area contributed by atoms with Gasteiger partial charge in [0.15, 0.2) is 0 Å². The van der Waals surface area contributed by atoms with Crippen LogP contribution in [0.1, 0.15) is 16.5 Å². The molecule has 1 unspecified atom stereocenters. The zero-order valence-electron chi connectivity index (χ0n) is 9.69. The van der Waals surface area contributed by atoms with Crippen LogP contribution in [-0.4, -0.2) is 12.2 Å². The van der Waals surface area contributed by atoms with Gasteiger partial charge in [-0.25, -0.2) is 0 Å². The highest BCUT2D eigenvalue weighted by Crippen LogP contribution is 2.32. The summed E-state index contributed by atoms with van der Waals surface area (Å²) in [5.41, 5.74) is 0.802. The zero-order chi connectivity index (χ0) is 13.1. The largest absolute Gasteiger partial charge is 0.496 e. The first-order chi connectivity index (χ1) is 8.60. The van der Waals surface area contributed by atoms with Crippen molar-refractivity contribution < 1.29 is 9.84 Å². The third-order valence-corrected chi connectivity index (χ3v) is 4.71. The Morgan fingerprint density at radius 3 is 2.67 bits per heavy atom. The van der Waals surface area contributed by atoms with Gasteiger partial charge in [0.2, 0.25) is 0 Å². The number of thiophene rings is 1. The summed E-state index contributed by atoms with van der Waals surface area (Å²) in [5.74, 6) is 0.710. The van der Waals surface area contributed by atoms with Crippen molar-refractivity contribution in [2.75, 3.05) is 7.11 Å². The van der Waals surface area contributed by atoms with E-state index in [0.717, 1.165) is 18.7 Å². The van der Waals surface area contributed by atoms with Gasteiger partial charge >= 0.3 is 0 Å². The molecule has 0 saturated carbocycles. The van der Waals surface area contributed by atoms with E-state index >= 15 is 0 Å². The average molecular weight is 392 g/mol. The second-order valence-corrected chi connectivity index (χ2v) is 7.28. The Balaban J connectivity index is 2.22. The molecule has 0 aliphatic rings. The highest BCUT2D eigenvalue weighted by atomic mass is 79.9. The Kier molecular flexibility index (Phi) is 4.84. The number of halogens is 2. The van der Waals surface area contributed by atoms with Crippen LogP contribution >= 0.6 is 43.2 Å². The Morgan fingerprint density at radius 1 is 1.28 bits per heavy atom. The monoisotopic (exact) mass is 390 g/mol. The van der Waals surface area contributed by atoms with Crippen LogP contribution in [-0.2, 0) is 6.42 Å². The molecule has 0 radical (unpaired) electrons. The van der Waals surface area contributed by atoms with Gasteiger partial charge < -0.3 is 9.84 Å². The Labute approximate surface area is 127 Å². The quantitative estimate of drug-likeness (QED) is 0.827. The summed E-state index contributed by atoms with van der Waals surface area (Å²) in [4.78, 5) is 1.14. The van der Waals surface area contributed by atoms with E-state index in [1.54, 1.807) is 18.4 Å². The van der Waals surface area contributed by atoms with Crippen molar-refractivity contribution >= 4 is 43.2 Å². The normalized spacial score (nSPS) is 12.4. The molecule has 96 valence electrons. The van der Waals surface area contributed by atoms with Crippen LogP contribution < -0.4 is 4.74 Å². The third kappa shape index (κ3) is 3.35. The van der Waals surface area contributed by atoms with E-state index in [2.05, 4.69) is 31.9 Å². The molecular weight excluding hydrogens is 380 g/mol. The van der Waals surface area contributed by atoms with Crippen LogP contribution in [0.3, 0.4) is 0 Å². The van der Waals surface area contributed by atoms with Gasteiger partial charge in [-0.3, -0.25) is 0 Å². The van der Waals surface area contributed by atoms with Crippen LogP contribution in [0.5, 0.6) is 5.75 Å². The van der Waals surface area contributed by atoms with Gasteiger partial charge in [-0.15, -0.1) is 11.3 Å². The molecule has 0 aliphatic heterocycles. The number of hydrogen-bond donors (Lipinski definition) is 1. The molecule has 2 rings (SSSR count). The summed E-state index contributed by atoms with van der Waals surface area (Å²) in [5, 5.41) is 10.3. The second kappa shape index (κ2) is 6.19. The van der Waals surface area contributed by atoms with Crippen LogP contribution in [0.15, 0.2) is 38.6 Å². The van der Waals surface area contributed by atoms with Gasteiger partial charge in [-0.05, 0) is 46.3 Å². The Morgan fingerprint density at radius 2 is 2.06 bits per heavy atom. The zero-order valence-corrected chi connectivity index (χ0v) is 13.7. The molecule has 0 fully saturated rings. The van der Waals surface area contributed by atoms with Crippen molar-refractivity contribution in [3.05, 3.63) is 49.0 Å². The summed E-state index contributed by atoms with van der Waals surface area (Å²) in [6.45, 7) is 0. The molecule has 0 saturated heterocycles. The van der Waals surface area contributed by atoms with Gasteiger partial charge in [0.05, 0.1) is 17.0 Å². The molecule has 2 aromatic rings. The van der Waals surface area contributed by atoms with Crippen molar-refractivity contribution in [2.45, 2.75) is 12.5 Å². The maximum atomic E-state index is 10.3. The molecule has 1 aromatic heterocycles. The van der Waals surface area contributed by atoms with Crippen molar-refractivity contribution in [1.82, 2.24) is 0 Å². The summed E-state index contributed by atoms with van der Waals surface area (Å²) < 4.78 is 7.29. The molecule has 18 heavy (non-hydrogen) atoms. The fourth-order valence-electron chi connectivity index (χ4n) is 1.73. The first kappa shape index (κ1) is 14.1. The van der Waals surface area contributed by atoms with Crippen molar-refractivity contribution in [2.24, 2.45) is 0 Å². The molecule has 1 heterocycles. The number of methoxy groups -OCH3 is 1. The van der Waals surface area contributed by atoms with E-state index in [-0.39, 0.29) is 0 Å². The van der Waals surface area contributed by atoms with Crippen molar-refractivity contribution in [3.8, 4) is 5.75 Å². The van der Waals surface area contributed by atoms with E-state index in [1.165, 1.54) is 0 Å². The molecule has 0 spiro atoms. The van der Waals surface area contributed by atoms with Crippen LogP contribution in [0.25, 0.3) is 0 Å². The highest BCUT2D eigenvalue weighted by molar-refractivity contribution is 9.11. The SMILES string of the molecule is COc1ccc(Br)cc1C(O)Cc1ccc(Br)s1. The molecule has 0 bridgehead atoms. The third-order valence-electron chi connectivity index (χ3n) is 2.57. The molecule has 0 amide bonds. The first-order valence-electron chi connectivity index (χ1n) is 5.36. The lowest BCUT2D eigenvalue weighted by Gasteiger charge is -2.14. The standard InChI is InChI=1S/C13H12Br2O2S/c1-17-12-4-2-8(14)6-10(12)11(16)7-9-3-5-13(15)18-9/h2-6,11,16H,7H2,1H3. The smallest absolute Gasteiger partial charge is 0.124 e. The lowest BCUT2D eigenvalue weighted by atomic mass is 10.0. The summed E-state index contributed by atoms with van der Waals surface area (Å²) in [6.07, 6.45) is 0.0197. The average Bonchev–Trinajstić information content (AvgIpc) is 2.74. The van der Waals surface area contributed by atoms with E-state index in [9.17, 15) is 5.11 Å². The van der Waals surface area contributed by atoms with Gasteiger partial charge in [-0.1, -0.05) is 15.9 Å². The number of benzene rings is 1. The molecule has 2 nitrogen and oxygen atoms in total. The minimum Gasteiger partial charge on any atom is -0.496 e. The maximum Gasteiger partial charge on any atom is 0.124 e. The van der Waals surface area contributed by atoms with Gasteiger partial charge in [0.25, 0.3) is 0 Å². The maximum absolute atomic E-state index is 10.3. The molecule has 5 heteroatoms. The van der Waals surface area contributed by atoms with E-state index in [0.29, 0.717) is 12.2 Å². The number of hydrogen-bond acceptors (Lipinski definition) is 3. The first-order valence-corrected chi connectivity index (χ1v) is 7.76. The minimum atomic E-state index is -0.567. The van der Waals surface area contributed by atoms with E-state index in [4.69, 9.17) is 4.74 Å². The fourth-order valence-corrected chi connectivity index (χ4v) is 3.63. The molecule has 0 aliphatic carbocycles. The summed E-state index contributed by atoms with van der Waals surface area (Å²) >= 11 is 8.47. The lowest BCUT2D eigenvalue weighted by molar-refractivity contribution is 0.175. The van der Waals surface area contributed by atoms with Crippen LogP contribution in [0.2, 0.25) is 0 Å². The summed E-state index contributed by atoms with van der Waals surface area (Å²) in [6, 6.07) is 9.66. The highest BCUT2D eigenvalue weighted by Gasteiger charge is 2.15. The fraction of sp³-hybridized carbons (Fsp3) is 0.231. The van der Waals surface area contributed by atoms with Crippen LogP contribution in [0.4, 0.5) is 0 Å². The lowest BCUT2D eigenvalue weighted by Crippen LogP contribution is -2.03. The van der Waals surface area contributed by atoms with Crippen molar-refractivity contribution in [3.63, 3.8) is 0 Å². The predicted molar refractivity (Wildman–Crippen MR) is 81.4 cm³/mol. The van der Waals surface area contributed by atoms with Crippen LogP contribution in [0, 0.1) is 0 Å². The minimum absolute atomic E-state index is 0.567. The Hall–Kier alpha value is -0.360. The van der Waals surface area contributed by atoms with Crippen molar-refractivity contribution in [1.29, 1.82) is 0 Å². The Bertz CT molecular complexity index is 540. The second-order valence-electron chi connectivity index (χ2n) is 3.81. The van der Waals surface area contributed by atoms with Gasteiger partial charge in [0.1, 0.15) is 5.75 Å². The molecular formula is C13H12Br2O2S. The summed E-state index contributed by atoms with van der Waals surface area (Å²) in [7, 11) is 1.61. The van der Waals surface area contributed by atoms with E-state index in [1.807, 2.05) is 30.3 Å².